The molecule has 3 heterocycles. The van der Waals surface area contributed by atoms with Crippen LogP contribution in [0.15, 0.2) is 54.9 Å². The number of hydrogen-bond donors (Lipinski definition) is 1. The van der Waals surface area contributed by atoms with E-state index in [4.69, 9.17) is 0 Å². The summed E-state index contributed by atoms with van der Waals surface area (Å²) in [4.78, 5) is 32.1. The molecule has 0 radical (unpaired) electrons. The standard InChI is InChI=1S/C26H26F2N4O2/c1-17-29-11-12-31(17)14-19-5-2-3-6-20(19)25(34)32-15-21(18-8-9-22(27)23(28)13-18)26(16-32)10-4-7-24(33)30-26/h2-3,5-6,8-9,11-13,21H,4,7,10,14-16H2,1H3,(H,30,33)/t21-,26+/m0/s1. The molecule has 0 bridgehead atoms. The first-order valence-corrected chi connectivity index (χ1v) is 11.5. The quantitative estimate of drug-likeness (QED) is 0.639. The third-order valence-corrected chi connectivity index (χ3v) is 7.10. The number of aromatic nitrogens is 2. The molecule has 8 heteroatoms. The van der Waals surface area contributed by atoms with Crippen molar-refractivity contribution in [2.45, 2.75) is 44.2 Å². The Morgan fingerprint density at radius 2 is 2.03 bits per heavy atom. The van der Waals surface area contributed by atoms with Gasteiger partial charge in [0.25, 0.3) is 5.91 Å². The molecule has 2 saturated heterocycles. The van der Waals surface area contributed by atoms with Gasteiger partial charge in [0, 0.05) is 49.9 Å². The molecule has 0 aliphatic carbocycles. The minimum atomic E-state index is -0.930. The van der Waals surface area contributed by atoms with Crippen molar-refractivity contribution in [3.63, 3.8) is 0 Å². The molecule has 0 unspecified atom stereocenters. The van der Waals surface area contributed by atoms with Crippen molar-refractivity contribution in [3.05, 3.63) is 89.0 Å². The average Bonchev–Trinajstić information content (AvgIpc) is 3.39. The summed E-state index contributed by atoms with van der Waals surface area (Å²) in [5.41, 5.74) is 1.33. The number of likely N-dealkylation sites (tertiary alicyclic amines) is 1. The summed E-state index contributed by atoms with van der Waals surface area (Å²) in [5.74, 6) is -1.55. The molecule has 2 amide bonds. The number of halogens is 2. The van der Waals surface area contributed by atoms with E-state index in [1.54, 1.807) is 23.2 Å². The summed E-state index contributed by atoms with van der Waals surface area (Å²) in [6.07, 6.45) is 5.38. The van der Waals surface area contributed by atoms with E-state index >= 15 is 0 Å². The summed E-state index contributed by atoms with van der Waals surface area (Å²) in [5, 5.41) is 3.11. The van der Waals surface area contributed by atoms with Gasteiger partial charge in [-0.25, -0.2) is 13.8 Å². The Bertz CT molecular complexity index is 1260. The van der Waals surface area contributed by atoms with Gasteiger partial charge in [-0.2, -0.15) is 0 Å². The largest absolute Gasteiger partial charge is 0.348 e. The monoisotopic (exact) mass is 464 g/mol. The van der Waals surface area contributed by atoms with E-state index in [-0.39, 0.29) is 17.7 Å². The summed E-state index contributed by atoms with van der Waals surface area (Å²) >= 11 is 0. The van der Waals surface area contributed by atoms with Gasteiger partial charge >= 0.3 is 0 Å². The van der Waals surface area contributed by atoms with Crippen molar-refractivity contribution in [3.8, 4) is 0 Å². The first kappa shape index (κ1) is 22.3. The van der Waals surface area contributed by atoms with Crippen LogP contribution in [0.3, 0.4) is 0 Å². The fraction of sp³-hybridized carbons (Fsp3) is 0.346. The zero-order chi connectivity index (χ0) is 23.9. The molecule has 1 N–H and O–H groups in total. The van der Waals surface area contributed by atoms with Crippen molar-refractivity contribution >= 4 is 11.8 Å². The molecule has 0 saturated carbocycles. The molecule has 2 aliphatic heterocycles. The van der Waals surface area contributed by atoms with E-state index in [1.807, 2.05) is 35.9 Å². The highest BCUT2D eigenvalue weighted by molar-refractivity contribution is 5.96. The number of aryl methyl sites for hydroxylation is 1. The van der Waals surface area contributed by atoms with E-state index in [9.17, 15) is 18.4 Å². The highest BCUT2D eigenvalue weighted by Crippen LogP contribution is 2.42. The van der Waals surface area contributed by atoms with Gasteiger partial charge in [-0.15, -0.1) is 0 Å². The Morgan fingerprint density at radius 1 is 1.21 bits per heavy atom. The Kier molecular flexibility index (Phi) is 5.67. The van der Waals surface area contributed by atoms with Crippen LogP contribution in [0.1, 0.15) is 52.5 Å². The number of rotatable bonds is 4. The van der Waals surface area contributed by atoms with Gasteiger partial charge in [0.2, 0.25) is 5.91 Å². The number of amides is 2. The zero-order valence-corrected chi connectivity index (χ0v) is 18.9. The van der Waals surface area contributed by atoms with E-state index < -0.39 is 17.2 Å². The number of nitrogens with zero attached hydrogens (tertiary/aromatic N) is 3. The highest BCUT2D eigenvalue weighted by atomic mass is 19.2. The molecule has 2 atom stereocenters. The SMILES string of the molecule is Cc1nccn1Cc1ccccc1C(=O)N1C[C@@H](c2ccc(F)c(F)c2)[C@@]2(CCCC(=O)N2)C1. The molecule has 2 fully saturated rings. The van der Waals surface area contributed by atoms with Gasteiger partial charge in [0.1, 0.15) is 5.82 Å². The Hall–Kier alpha value is -3.55. The van der Waals surface area contributed by atoms with Crippen molar-refractivity contribution < 1.29 is 18.4 Å². The van der Waals surface area contributed by atoms with Crippen LogP contribution < -0.4 is 5.32 Å². The van der Waals surface area contributed by atoms with Gasteiger partial charge in [0.05, 0.1) is 5.54 Å². The van der Waals surface area contributed by atoms with Gasteiger partial charge in [-0.3, -0.25) is 9.59 Å². The lowest BCUT2D eigenvalue weighted by Crippen LogP contribution is -2.56. The van der Waals surface area contributed by atoms with Gasteiger partial charge < -0.3 is 14.8 Å². The second kappa shape index (κ2) is 8.66. The van der Waals surface area contributed by atoms with Crippen molar-refractivity contribution in [2.24, 2.45) is 0 Å². The van der Waals surface area contributed by atoms with Crippen LogP contribution in [0.25, 0.3) is 0 Å². The van der Waals surface area contributed by atoms with Crippen LogP contribution in [0, 0.1) is 18.6 Å². The molecule has 6 nitrogen and oxygen atoms in total. The Labute approximate surface area is 196 Å². The van der Waals surface area contributed by atoms with Crippen LogP contribution in [0.4, 0.5) is 8.78 Å². The van der Waals surface area contributed by atoms with Crippen LogP contribution in [0.2, 0.25) is 0 Å². The lowest BCUT2D eigenvalue weighted by molar-refractivity contribution is -0.125. The number of nitrogens with one attached hydrogen (secondary N) is 1. The highest BCUT2D eigenvalue weighted by Gasteiger charge is 2.51. The summed E-state index contributed by atoms with van der Waals surface area (Å²) in [6, 6.07) is 11.3. The smallest absolute Gasteiger partial charge is 0.254 e. The predicted octanol–water partition coefficient (Wildman–Crippen LogP) is 3.80. The van der Waals surface area contributed by atoms with Crippen LogP contribution >= 0.6 is 0 Å². The number of carbonyl (C=O) groups is 2. The maximum Gasteiger partial charge on any atom is 0.254 e. The number of imidazole rings is 1. The third-order valence-electron chi connectivity index (χ3n) is 7.10. The summed E-state index contributed by atoms with van der Waals surface area (Å²) in [6.45, 7) is 3.05. The zero-order valence-electron chi connectivity index (χ0n) is 18.9. The van der Waals surface area contributed by atoms with Crippen molar-refractivity contribution in [1.82, 2.24) is 19.8 Å². The lowest BCUT2D eigenvalue weighted by atomic mass is 9.76. The molecule has 1 spiro atoms. The number of benzene rings is 2. The van der Waals surface area contributed by atoms with Gasteiger partial charge in [0.15, 0.2) is 11.6 Å². The maximum absolute atomic E-state index is 14.1. The van der Waals surface area contributed by atoms with Crippen LogP contribution in [0.5, 0.6) is 0 Å². The van der Waals surface area contributed by atoms with Gasteiger partial charge in [-0.05, 0) is 49.1 Å². The minimum Gasteiger partial charge on any atom is -0.348 e. The normalized spacial score (nSPS) is 22.3. The Balaban J connectivity index is 1.48. The average molecular weight is 465 g/mol. The molecule has 2 aliphatic rings. The number of piperidine rings is 1. The van der Waals surface area contributed by atoms with E-state index in [0.717, 1.165) is 17.5 Å². The van der Waals surface area contributed by atoms with E-state index in [1.165, 1.54) is 6.07 Å². The molecule has 3 aromatic rings. The topological polar surface area (TPSA) is 67.2 Å². The molecule has 176 valence electrons. The summed E-state index contributed by atoms with van der Waals surface area (Å²) < 4.78 is 29.7. The fourth-order valence-electron chi connectivity index (χ4n) is 5.36. The van der Waals surface area contributed by atoms with E-state index in [2.05, 4.69) is 10.3 Å². The predicted molar refractivity (Wildman–Crippen MR) is 122 cm³/mol. The van der Waals surface area contributed by atoms with E-state index in [0.29, 0.717) is 50.0 Å². The van der Waals surface area contributed by atoms with Gasteiger partial charge in [-0.1, -0.05) is 24.3 Å². The molecule has 1 aromatic heterocycles. The summed E-state index contributed by atoms with van der Waals surface area (Å²) in [7, 11) is 0. The van der Waals surface area contributed by atoms with Crippen LogP contribution in [-0.4, -0.2) is 44.9 Å². The maximum atomic E-state index is 14.1. The molecular formula is C26H26F2N4O2. The third kappa shape index (κ3) is 3.97. The van der Waals surface area contributed by atoms with Crippen molar-refractivity contribution in [2.75, 3.05) is 13.1 Å². The van der Waals surface area contributed by atoms with Crippen LogP contribution in [-0.2, 0) is 11.3 Å². The minimum absolute atomic E-state index is 0.0795. The lowest BCUT2D eigenvalue weighted by Gasteiger charge is -2.39. The second-order valence-corrected chi connectivity index (χ2v) is 9.23. The first-order valence-electron chi connectivity index (χ1n) is 11.5. The molecule has 2 aromatic carbocycles. The molecular weight excluding hydrogens is 438 g/mol. The molecule has 34 heavy (non-hydrogen) atoms. The number of carbonyl (C=O) groups excluding carboxylic acids is 2. The fourth-order valence-corrected chi connectivity index (χ4v) is 5.36. The molecule has 5 rings (SSSR count). The van der Waals surface area contributed by atoms with Crippen molar-refractivity contribution in [1.29, 1.82) is 0 Å². The second-order valence-electron chi connectivity index (χ2n) is 9.23. The Morgan fingerprint density at radius 3 is 2.76 bits per heavy atom. The number of hydrogen-bond acceptors (Lipinski definition) is 3. The first-order chi connectivity index (χ1) is 16.4.